The maximum absolute atomic E-state index is 12.8. The lowest BCUT2D eigenvalue weighted by Crippen LogP contribution is -2.35. The van der Waals surface area contributed by atoms with Gasteiger partial charge in [-0.05, 0) is 65.1 Å². The molecule has 0 aliphatic carbocycles. The number of nitrogens with zero attached hydrogens (tertiary/aromatic N) is 2. The predicted octanol–water partition coefficient (Wildman–Crippen LogP) is 2.16. The van der Waals surface area contributed by atoms with E-state index in [-0.39, 0.29) is 38.8 Å². The molecule has 0 spiro atoms. The number of nitrogens with one attached hydrogen (secondary N) is 1. The van der Waals surface area contributed by atoms with Gasteiger partial charge in [0.1, 0.15) is 12.4 Å². The highest BCUT2D eigenvalue weighted by atomic mass is 16.5. The van der Waals surface area contributed by atoms with Crippen LogP contribution in [0, 0.1) is 6.92 Å². The number of H-pyrrole nitrogens is 1. The Bertz CT molecular complexity index is 1500. The van der Waals surface area contributed by atoms with Crippen molar-refractivity contribution in [3.05, 3.63) is 110 Å². The lowest BCUT2D eigenvalue weighted by Gasteiger charge is -2.21. The monoisotopic (exact) mass is 519 g/mol. The lowest BCUT2D eigenvalue weighted by atomic mass is 9.97. The molecular weight excluding hydrogens is 490 g/mol. The van der Waals surface area contributed by atoms with Crippen molar-refractivity contribution in [3.63, 3.8) is 0 Å². The van der Waals surface area contributed by atoms with Gasteiger partial charge in [0, 0.05) is 18.7 Å². The molecule has 10 heteroatoms. The second-order valence-corrected chi connectivity index (χ2v) is 8.75. The van der Waals surface area contributed by atoms with E-state index in [9.17, 15) is 24.6 Å². The summed E-state index contributed by atoms with van der Waals surface area (Å²) in [5.41, 5.74) is 4.53. The number of benzene rings is 3. The summed E-state index contributed by atoms with van der Waals surface area (Å²) >= 11 is 0. The van der Waals surface area contributed by atoms with Gasteiger partial charge in [0.05, 0.1) is 19.8 Å². The number of aromatic amines is 1. The topological polar surface area (TPSA) is 138 Å². The van der Waals surface area contributed by atoms with E-state index < -0.39 is 11.4 Å². The molecule has 1 heterocycles. The zero-order valence-electron chi connectivity index (χ0n) is 20.9. The maximum Gasteiger partial charge on any atom is 0.440 e. The van der Waals surface area contributed by atoms with Gasteiger partial charge in [0.15, 0.2) is 0 Å². The van der Waals surface area contributed by atoms with E-state index in [1.165, 1.54) is 4.90 Å². The maximum atomic E-state index is 12.8. The van der Waals surface area contributed by atoms with Gasteiger partial charge in [0.25, 0.3) is 5.91 Å². The molecule has 3 aromatic carbocycles. The highest BCUT2D eigenvalue weighted by Crippen LogP contribution is 2.26. The molecule has 4 rings (SSSR count). The Morgan fingerprint density at radius 2 is 1.71 bits per heavy atom. The second-order valence-electron chi connectivity index (χ2n) is 8.75. The van der Waals surface area contributed by atoms with Crippen LogP contribution in [-0.4, -0.2) is 57.0 Å². The van der Waals surface area contributed by atoms with E-state index in [2.05, 4.69) is 0 Å². The summed E-state index contributed by atoms with van der Waals surface area (Å²) < 4.78 is 11.7. The van der Waals surface area contributed by atoms with Gasteiger partial charge in [-0.15, -0.1) is 4.74 Å². The number of aliphatic hydroxyl groups excluding tert-OH is 2. The molecule has 1 amide bonds. The van der Waals surface area contributed by atoms with Gasteiger partial charge in [-0.2, -0.15) is 0 Å². The normalized spacial score (nSPS) is 10.9. The van der Waals surface area contributed by atoms with Gasteiger partial charge in [0.2, 0.25) is 0 Å². The van der Waals surface area contributed by atoms with Crippen LogP contribution in [0.5, 0.6) is 5.75 Å². The quantitative estimate of drug-likeness (QED) is 0.276. The van der Waals surface area contributed by atoms with Crippen molar-refractivity contribution in [2.45, 2.75) is 20.1 Å². The number of carbonyl (C=O) groups excluding carboxylic acids is 1. The zero-order chi connectivity index (χ0) is 27.1. The third-order valence-corrected chi connectivity index (χ3v) is 6.02. The average Bonchev–Trinajstić information content (AvgIpc) is 3.23. The first-order chi connectivity index (χ1) is 18.4. The van der Waals surface area contributed by atoms with E-state index in [4.69, 9.17) is 9.26 Å². The van der Waals surface area contributed by atoms with Crippen molar-refractivity contribution in [2.75, 3.05) is 26.3 Å². The number of hydrogen-bond donors (Lipinski definition) is 3. The number of ether oxygens (including phenoxy) is 1. The van der Waals surface area contributed by atoms with Crippen molar-refractivity contribution in [3.8, 4) is 16.9 Å². The third kappa shape index (κ3) is 6.47. The summed E-state index contributed by atoms with van der Waals surface area (Å²) in [6.45, 7) is 2.39. The van der Waals surface area contributed by atoms with Crippen LogP contribution in [0.15, 0.2) is 80.8 Å². The van der Waals surface area contributed by atoms with Crippen molar-refractivity contribution in [1.82, 2.24) is 14.6 Å². The van der Waals surface area contributed by atoms with E-state index in [0.29, 0.717) is 17.9 Å². The first-order valence-electron chi connectivity index (χ1n) is 12.1. The van der Waals surface area contributed by atoms with Crippen molar-refractivity contribution < 1.29 is 24.3 Å². The molecule has 0 bridgehead atoms. The Kier molecular flexibility index (Phi) is 8.57. The van der Waals surface area contributed by atoms with Crippen LogP contribution in [0.25, 0.3) is 11.1 Å². The summed E-state index contributed by atoms with van der Waals surface area (Å²) in [5, 5.41) is 18.4. The van der Waals surface area contributed by atoms with Crippen molar-refractivity contribution in [2.24, 2.45) is 0 Å². The largest absolute Gasteiger partial charge is 0.489 e. The smallest absolute Gasteiger partial charge is 0.440 e. The number of carbonyl (C=O) groups is 1. The SMILES string of the molecule is Cc1cc(C(=O)N(CCO)CCO)ccc1-c1cccc(COc2ccc(Cn3oc(=O)[nH]c3=O)cc2)c1. The summed E-state index contributed by atoms with van der Waals surface area (Å²) in [5.74, 6) is -0.378. The van der Waals surface area contributed by atoms with E-state index in [1.807, 2.05) is 48.3 Å². The molecule has 198 valence electrons. The minimum Gasteiger partial charge on any atom is -0.489 e. The summed E-state index contributed by atoms with van der Waals surface area (Å²) in [6, 6.07) is 20.6. The Hall–Kier alpha value is -4.41. The molecule has 0 aliphatic rings. The Balaban J connectivity index is 1.42. The molecule has 0 saturated carbocycles. The minimum absolute atomic E-state index is 0.130. The van der Waals surface area contributed by atoms with Crippen LogP contribution in [-0.2, 0) is 13.2 Å². The van der Waals surface area contributed by atoms with Crippen molar-refractivity contribution >= 4 is 5.91 Å². The molecule has 3 N–H and O–H groups in total. The van der Waals surface area contributed by atoms with Crippen LogP contribution >= 0.6 is 0 Å². The van der Waals surface area contributed by atoms with Crippen LogP contribution in [0.4, 0.5) is 0 Å². The molecule has 1 aromatic heterocycles. The number of aromatic nitrogens is 2. The van der Waals surface area contributed by atoms with Crippen LogP contribution in [0.3, 0.4) is 0 Å². The highest BCUT2D eigenvalue weighted by Gasteiger charge is 2.16. The molecule has 4 aromatic rings. The molecular formula is C28H29N3O7. The van der Waals surface area contributed by atoms with Gasteiger partial charge < -0.3 is 24.4 Å². The average molecular weight is 520 g/mol. The molecule has 0 atom stereocenters. The molecule has 0 unspecified atom stereocenters. The lowest BCUT2D eigenvalue weighted by molar-refractivity contribution is 0.0684. The van der Waals surface area contributed by atoms with Gasteiger partial charge in [-0.3, -0.25) is 4.79 Å². The summed E-state index contributed by atoms with van der Waals surface area (Å²) in [6.07, 6.45) is 0. The van der Waals surface area contributed by atoms with Gasteiger partial charge in [-0.1, -0.05) is 36.4 Å². The zero-order valence-corrected chi connectivity index (χ0v) is 20.9. The summed E-state index contributed by atoms with van der Waals surface area (Å²) in [7, 11) is 0. The number of aryl methyl sites for hydroxylation is 1. The van der Waals surface area contributed by atoms with E-state index in [0.717, 1.165) is 32.6 Å². The Morgan fingerprint density at radius 1 is 0.974 bits per heavy atom. The molecule has 0 fully saturated rings. The van der Waals surface area contributed by atoms with E-state index >= 15 is 0 Å². The third-order valence-electron chi connectivity index (χ3n) is 6.02. The highest BCUT2D eigenvalue weighted by molar-refractivity contribution is 5.95. The molecule has 0 aliphatic heterocycles. The number of aliphatic hydroxyl groups is 2. The fourth-order valence-electron chi connectivity index (χ4n) is 4.13. The van der Waals surface area contributed by atoms with Crippen LogP contribution in [0.1, 0.15) is 27.0 Å². The summed E-state index contributed by atoms with van der Waals surface area (Å²) in [4.78, 5) is 39.0. The molecule has 0 saturated heterocycles. The minimum atomic E-state index is -0.792. The molecule has 0 radical (unpaired) electrons. The van der Waals surface area contributed by atoms with E-state index in [1.54, 1.807) is 30.3 Å². The van der Waals surface area contributed by atoms with Crippen LogP contribution < -0.4 is 16.2 Å². The van der Waals surface area contributed by atoms with Crippen LogP contribution in [0.2, 0.25) is 0 Å². The number of hydrogen-bond acceptors (Lipinski definition) is 7. The number of amides is 1. The number of rotatable bonds is 11. The Labute approximate surface area is 218 Å². The fourth-order valence-corrected chi connectivity index (χ4v) is 4.13. The molecule has 10 nitrogen and oxygen atoms in total. The van der Waals surface area contributed by atoms with Gasteiger partial charge in [-0.25, -0.2) is 14.6 Å². The second kappa shape index (κ2) is 12.2. The van der Waals surface area contributed by atoms with Crippen molar-refractivity contribution in [1.29, 1.82) is 0 Å². The molecule has 38 heavy (non-hydrogen) atoms. The first-order valence-corrected chi connectivity index (χ1v) is 12.1. The van der Waals surface area contributed by atoms with Gasteiger partial charge >= 0.3 is 11.4 Å². The Morgan fingerprint density at radius 3 is 2.34 bits per heavy atom. The standard InChI is InChI=1S/C28H29N3O7/c1-19-15-23(26(34)30(11-13-32)12-14-33)7-10-25(19)22-4-2-3-21(16-22)18-37-24-8-5-20(6-9-24)17-31-27(35)29-28(36)38-31/h2-10,15-16,32-33H,11-14,17-18H2,1H3,(H,29,35,36). The first kappa shape index (κ1) is 26.6. The predicted molar refractivity (Wildman–Crippen MR) is 140 cm³/mol. The fraction of sp³-hybridized carbons (Fsp3) is 0.250.